The van der Waals surface area contributed by atoms with Crippen molar-refractivity contribution < 1.29 is 9.90 Å². The summed E-state index contributed by atoms with van der Waals surface area (Å²) in [5, 5.41) is 15.3. The van der Waals surface area contributed by atoms with Crippen LogP contribution in [0.5, 0.6) is 5.75 Å². The Balaban J connectivity index is 2.09. The number of phenols is 1. The van der Waals surface area contributed by atoms with Crippen LogP contribution in [0.1, 0.15) is 18.0 Å². The maximum absolute atomic E-state index is 11.1. The van der Waals surface area contributed by atoms with E-state index >= 15 is 0 Å². The van der Waals surface area contributed by atoms with Crippen LogP contribution in [0.15, 0.2) is 24.3 Å². The van der Waals surface area contributed by atoms with Gasteiger partial charge in [0.25, 0.3) is 0 Å². The first-order valence-corrected chi connectivity index (χ1v) is 5.05. The molecule has 0 aliphatic carbocycles. The lowest BCUT2D eigenvalue weighted by Crippen LogP contribution is -2.28. The quantitative estimate of drug-likeness (QED) is 0.628. The molecule has 0 bridgehead atoms. The third-order valence-electron chi connectivity index (χ3n) is 2.54. The van der Waals surface area contributed by atoms with Gasteiger partial charge >= 0.3 is 0 Å². The molecule has 1 saturated heterocycles. The first-order valence-electron chi connectivity index (χ1n) is 5.05. The molecule has 0 saturated carbocycles. The van der Waals surface area contributed by atoms with Crippen molar-refractivity contribution in [1.29, 1.82) is 0 Å². The van der Waals surface area contributed by atoms with Gasteiger partial charge in [0.05, 0.1) is 0 Å². The van der Waals surface area contributed by atoms with E-state index in [1.54, 1.807) is 12.1 Å². The van der Waals surface area contributed by atoms with Crippen molar-refractivity contribution in [1.82, 2.24) is 10.6 Å². The smallest absolute Gasteiger partial charge is 0.221 e. The molecule has 4 nitrogen and oxygen atoms in total. The average molecular weight is 206 g/mol. The molecule has 1 aromatic carbocycles. The summed E-state index contributed by atoms with van der Waals surface area (Å²) in [6, 6.07) is 7.18. The zero-order chi connectivity index (χ0) is 10.7. The van der Waals surface area contributed by atoms with Crippen LogP contribution in [0.2, 0.25) is 0 Å². The number of benzene rings is 1. The summed E-state index contributed by atoms with van der Waals surface area (Å²) in [7, 11) is 0. The molecule has 15 heavy (non-hydrogen) atoms. The summed E-state index contributed by atoms with van der Waals surface area (Å²) in [6.45, 7) is 1.29. The molecule has 1 unspecified atom stereocenters. The number of aromatic hydroxyl groups is 1. The Morgan fingerprint density at radius 3 is 2.73 bits per heavy atom. The normalized spacial score (nSPS) is 21.9. The Hall–Kier alpha value is -1.55. The maximum atomic E-state index is 11.1. The van der Waals surface area contributed by atoms with Crippen molar-refractivity contribution in [2.75, 3.05) is 13.1 Å². The SMILES string of the molecule is O=C1CCNC(c2ccc(O)cc2)CN1. The van der Waals surface area contributed by atoms with Crippen molar-refractivity contribution in [3.63, 3.8) is 0 Å². The average Bonchev–Trinajstić information content (AvgIpc) is 2.44. The predicted octanol–water partition coefficient (Wildman–Crippen LogP) is 0.543. The summed E-state index contributed by atoms with van der Waals surface area (Å²) < 4.78 is 0. The van der Waals surface area contributed by atoms with Gasteiger partial charge in [0.2, 0.25) is 5.91 Å². The molecular formula is C11H14N2O2. The van der Waals surface area contributed by atoms with Gasteiger partial charge in [0.1, 0.15) is 5.75 Å². The molecule has 1 aliphatic heterocycles. The van der Waals surface area contributed by atoms with Gasteiger partial charge in [-0.1, -0.05) is 12.1 Å². The van der Waals surface area contributed by atoms with E-state index in [-0.39, 0.29) is 17.7 Å². The minimum Gasteiger partial charge on any atom is -0.508 e. The second-order valence-electron chi connectivity index (χ2n) is 3.65. The first-order chi connectivity index (χ1) is 7.25. The molecule has 80 valence electrons. The lowest BCUT2D eigenvalue weighted by Gasteiger charge is -2.15. The summed E-state index contributed by atoms with van der Waals surface area (Å²) in [6.07, 6.45) is 0.522. The van der Waals surface area contributed by atoms with E-state index in [0.29, 0.717) is 19.5 Å². The summed E-state index contributed by atoms with van der Waals surface area (Å²) in [5.74, 6) is 0.347. The molecular weight excluding hydrogens is 192 g/mol. The second-order valence-corrected chi connectivity index (χ2v) is 3.65. The van der Waals surface area contributed by atoms with Crippen LogP contribution in [-0.2, 0) is 4.79 Å². The van der Waals surface area contributed by atoms with Crippen molar-refractivity contribution in [3.05, 3.63) is 29.8 Å². The second kappa shape index (κ2) is 4.31. The molecule has 4 heteroatoms. The Labute approximate surface area is 88.3 Å². The number of rotatable bonds is 1. The minimum atomic E-state index is 0.0868. The number of amides is 1. The van der Waals surface area contributed by atoms with Gasteiger partial charge in [0.15, 0.2) is 0 Å². The van der Waals surface area contributed by atoms with Crippen molar-refractivity contribution in [2.45, 2.75) is 12.5 Å². The van der Waals surface area contributed by atoms with E-state index in [9.17, 15) is 4.79 Å². The minimum absolute atomic E-state index is 0.0868. The maximum Gasteiger partial charge on any atom is 0.221 e. The van der Waals surface area contributed by atoms with Gasteiger partial charge in [-0.2, -0.15) is 0 Å². The van der Waals surface area contributed by atoms with Gasteiger partial charge in [0, 0.05) is 25.6 Å². The molecule has 2 rings (SSSR count). The van der Waals surface area contributed by atoms with Crippen LogP contribution < -0.4 is 10.6 Å². The highest BCUT2D eigenvalue weighted by atomic mass is 16.3. The van der Waals surface area contributed by atoms with Gasteiger partial charge in [-0.3, -0.25) is 4.79 Å². The van der Waals surface area contributed by atoms with Crippen LogP contribution in [-0.4, -0.2) is 24.1 Å². The van der Waals surface area contributed by atoms with Gasteiger partial charge < -0.3 is 15.7 Å². The number of nitrogens with one attached hydrogen (secondary N) is 2. The van der Waals surface area contributed by atoms with E-state index in [2.05, 4.69) is 10.6 Å². The van der Waals surface area contributed by atoms with E-state index in [1.807, 2.05) is 12.1 Å². The number of phenolic OH excluding ortho intramolecular Hbond substituents is 1. The van der Waals surface area contributed by atoms with Gasteiger partial charge in [-0.15, -0.1) is 0 Å². The van der Waals surface area contributed by atoms with Crippen molar-refractivity contribution >= 4 is 5.91 Å². The molecule has 1 amide bonds. The lowest BCUT2D eigenvalue weighted by molar-refractivity contribution is -0.120. The zero-order valence-corrected chi connectivity index (χ0v) is 8.36. The summed E-state index contributed by atoms with van der Waals surface area (Å²) in [5.41, 5.74) is 1.08. The van der Waals surface area contributed by atoms with E-state index < -0.39 is 0 Å². The lowest BCUT2D eigenvalue weighted by atomic mass is 10.1. The number of hydrogen-bond acceptors (Lipinski definition) is 3. The molecule has 1 aromatic rings. The topological polar surface area (TPSA) is 61.4 Å². The van der Waals surface area contributed by atoms with E-state index in [0.717, 1.165) is 5.56 Å². The van der Waals surface area contributed by atoms with Crippen molar-refractivity contribution in [3.8, 4) is 5.75 Å². The van der Waals surface area contributed by atoms with Gasteiger partial charge in [-0.05, 0) is 17.7 Å². The number of carbonyl (C=O) groups is 1. The largest absolute Gasteiger partial charge is 0.508 e. The first kappa shape index (κ1) is 9.98. The third kappa shape index (κ3) is 2.47. The van der Waals surface area contributed by atoms with E-state index in [4.69, 9.17) is 5.11 Å². The molecule has 3 N–H and O–H groups in total. The standard InChI is InChI=1S/C11H14N2O2/c14-9-3-1-8(2-4-9)10-7-13-11(15)5-6-12-10/h1-4,10,12,14H,5-7H2,(H,13,15). The number of hydrogen-bond donors (Lipinski definition) is 3. The van der Waals surface area contributed by atoms with Crippen LogP contribution in [0, 0.1) is 0 Å². The molecule has 1 fully saturated rings. The highest BCUT2D eigenvalue weighted by Gasteiger charge is 2.16. The zero-order valence-electron chi connectivity index (χ0n) is 8.36. The Kier molecular flexibility index (Phi) is 2.87. The highest BCUT2D eigenvalue weighted by Crippen LogP contribution is 2.17. The number of carbonyl (C=O) groups excluding carboxylic acids is 1. The molecule has 0 aromatic heterocycles. The highest BCUT2D eigenvalue weighted by molar-refractivity contribution is 5.76. The molecule has 1 heterocycles. The van der Waals surface area contributed by atoms with E-state index in [1.165, 1.54) is 0 Å². The molecule has 0 radical (unpaired) electrons. The summed E-state index contributed by atoms with van der Waals surface area (Å²) >= 11 is 0. The van der Waals surface area contributed by atoms with Crippen molar-refractivity contribution in [2.24, 2.45) is 0 Å². The molecule has 0 spiro atoms. The monoisotopic (exact) mass is 206 g/mol. The van der Waals surface area contributed by atoms with Crippen LogP contribution in [0.3, 0.4) is 0 Å². The fourth-order valence-corrected chi connectivity index (χ4v) is 1.68. The fraction of sp³-hybridized carbons (Fsp3) is 0.364. The fourth-order valence-electron chi connectivity index (χ4n) is 1.68. The summed E-state index contributed by atoms with van der Waals surface area (Å²) in [4.78, 5) is 11.1. The Morgan fingerprint density at radius 2 is 2.00 bits per heavy atom. The predicted molar refractivity (Wildman–Crippen MR) is 56.5 cm³/mol. The van der Waals surface area contributed by atoms with Crippen LogP contribution >= 0.6 is 0 Å². The molecule has 1 atom stereocenters. The van der Waals surface area contributed by atoms with Crippen LogP contribution in [0.4, 0.5) is 0 Å². The third-order valence-corrected chi connectivity index (χ3v) is 2.54. The Morgan fingerprint density at radius 1 is 1.27 bits per heavy atom. The molecule has 1 aliphatic rings. The Bertz CT molecular complexity index is 348. The van der Waals surface area contributed by atoms with Gasteiger partial charge in [-0.25, -0.2) is 0 Å². The van der Waals surface area contributed by atoms with Crippen LogP contribution in [0.25, 0.3) is 0 Å².